The zero-order chi connectivity index (χ0) is 7.40. The van der Waals surface area contributed by atoms with Gasteiger partial charge in [-0.3, -0.25) is 4.98 Å². The lowest BCUT2D eigenvalue weighted by Gasteiger charge is -1.98. The quantitative estimate of drug-likeness (QED) is 0.749. The molecule has 0 N–H and O–H groups in total. The van der Waals surface area contributed by atoms with Crippen LogP contribution in [0.1, 0.15) is 5.56 Å². The molecule has 1 aromatic rings. The molecule has 0 fully saturated rings. The lowest BCUT2D eigenvalue weighted by atomic mass is 10.2. The lowest BCUT2D eigenvalue weighted by molar-refractivity contribution is 1.11. The van der Waals surface area contributed by atoms with Crippen LogP contribution in [0.15, 0.2) is 22.9 Å². The number of hydrogen-bond acceptors (Lipinski definition) is 1. The van der Waals surface area contributed by atoms with Crippen LogP contribution in [0.3, 0.4) is 0 Å². The Morgan fingerprint density at radius 2 is 2.30 bits per heavy atom. The fraction of sp³-hybridized carbons (Fsp3) is 0.286. The molecule has 3 heteroatoms. The summed E-state index contributed by atoms with van der Waals surface area (Å²) in [6.07, 6.45) is 4.68. The first kappa shape index (κ1) is 8.21. The molecule has 0 radical (unpaired) electrons. The minimum atomic E-state index is 0.983. The molecule has 1 rings (SSSR count). The summed E-state index contributed by atoms with van der Waals surface area (Å²) in [6, 6.07) is 1.96. The number of pyridine rings is 1. The van der Waals surface area contributed by atoms with Gasteiger partial charge in [-0.25, -0.2) is 0 Å². The van der Waals surface area contributed by atoms with Gasteiger partial charge in [-0.15, -0.1) is 0 Å². The molecule has 0 saturated carbocycles. The smallest absolute Gasteiger partial charge is 0.0311 e. The fourth-order valence-corrected chi connectivity index (χ4v) is 1.54. The molecule has 54 valence electrons. The summed E-state index contributed by atoms with van der Waals surface area (Å²) in [5.41, 5.74) is 1.25. The number of aryl methyl sites for hydroxylation is 1. The van der Waals surface area contributed by atoms with Crippen LogP contribution in [-0.4, -0.2) is 10.3 Å². The Morgan fingerprint density at radius 3 is 2.90 bits per heavy atom. The molecule has 0 amide bonds. The van der Waals surface area contributed by atoms with Crippen LogP contribution in [0.4, 0.5) is 0 Å². The first-order chi connectivity index (χ1) is 4.84. The third-order valence-electron chi connectivity index (χ3n) is 1.21. The predicted molar refractivity (Wildman–Crippen MR) is 49.4 cm³/mol. The van der Waals surface area contributed by atoms with Crippen LogP contribution in [0.5, 0.6) is 0 Å². The normalized spacial score (nSPS) is 9.80. The number of aromatic nitrogens is 1. The zero-order valence-electron chi connectivity index (χ0n) is 5.35. The van der Waals surface area contributed by atoms with Crippen molar-refractivity contribution in [3.63, 3.8) is 0 Å². The van der Waals surface area contributed by atoms with Gasteiger partial charge in [0.15, 0.2) is 0 Å². The summed E-state index contributed by atoms with van der Waals surface area (Å²) in [4.78, 5) is 4.01. The Labute approximate surface area is 77.1 Å². The van der Waals surface area contributed by atoms with Crippen LogP contribution >= 0.6 is 31.9 Å². The van der Waals surface area contributed by atoms with Crippen LogP contribution < -0.4 is 0 Å². The Bertz CT molecular complexity index is 213. The standard InChI is InChI=1S/C7H7Br2N/c8-3-1-6-5-10-4-2-7(6)9/h2,4-5H,1,3H2. The number of nitrogens with zero attached hydrogens (tertiary/aromatic N) is 1. The summed E-state index contributed by atoms with van der Waals surface area (Å²) < 4.78 is 1.14. The van der Waals surface area contributed by atoms with E-state index >= 15 is 0 Å². The Morgan fingerprint density at radius 1 is 1.50 bits per heavy atom. The van der Waals surface area contributed by atoms with E-state index in [1.807, 2.05) is 12.3 Å². The Kier molecular flexibility index (Phi) is 3.35. The van der Waals surface area contributed by atoms with Gasteiger partial charge in [-0.05, 0) is 18.1 Å². The second-order valence-electron chi connectivity index (χ2n) is 1.91. The number of rotatable bonds is 2. The molecule has 0 aromatic carbocycles. The van der Waals surface area contributed by atoms with Gasteiger partial charge in [0.05, 0.1) is 0 Å². The molecule has 1 nitrogen and oxygen atoms in total. The van der Waals surface area contributed by atoms with E-state index in [0.717, 1.165) is 16.2 Å². The molecule has 0 spiro atoms. The van der Waals surface area contributed by atoms with Crippen molar-refractivity contribution in [2.75, 3.05) is 5.33 Å². The summed E-state index contributed by atoms with van der Waals surface area (Å²) in [7, 11) is 0. The molecule has 0 saturated heterocycles. The van der Waals surface area contributed by atoms with E-state index in [-0.39, 0.29) is 0 Å². The highest BCUT2D eigenvalue weighted by atomic mass is 79.9. The van der Waals surface area contributed by atoms with Crippen molar-refractivity contribution >= 4 is 31.9 Å². The summed E-state index contributed by atoms with van der Waals surface area (Å²) in [6.45, 7) is 0. The fourth-order valence-electron chi connectivity index (χ4n) is 0.696. The third kappa shape index (κ3) is 2.06. The third-order valence-corrected chi connectivity index (χ3v) is 2.38. The second kappa shape index (κ2) is 4.09. The van der Waals surface area contributed by atoms with Crippen molar-refractivity contribution < 1.29 is 0 Å². The largest absolute Gasteiger partial charge is 0.264 e. The summed E-state index contributed by atoms with van der Waals surface area (Å²) in [5, 5.41) is 0.983. The maximum Gasteiger partial charge on any atom is 0.0311 e. The van der Waals surface area contributed by atoms with Crippen molar-refractivity contribution in [1.82, 2.24) is 4.98 Å². The molecule has 0 aliphatic rings. The maximum atomic E-state index is 4.01. The molecule has 0 unspecified atom stereocenters. The van der Waals surface area contributed by atoms with Crippen molar-refractivity contribution in [3.05, 3.63) is 28.5 Å². The highest BCUT2D eigenvalue weighted by Gasteiger charge is 1.95. The Hall–Kier alpha value is 0.110. The lowest BCUT2D eigenvalue weighted by Crippen LogP contribution is -1.87. The number of alkyl halides is 1. The first-order valence-electron chi connectivity index (χ1n) is 2.99. The van der Waals surface area contributed by atoms with Crippen molar-refractivity contribution in [1.29, 1.82) is 0 Å². The molecular formula is C7H7Br2N. The van der Waals surface area contributed by atoms with Gasteiger partial charge in [0.25, 0.3) is 0 Å². The predicted octanol–water partition coefficient (Wildman–Crippen LogP) is 2.78. The number of hydrogen-bond donors (Lipinski definition) is 0. The van der Waals surface area contributed by atoms with E-state index in [1.165, 1.54) is 5.56 Å². The molecule has 10 heavy (non-hydrogen) atoms. The van der Waals surface area contributed by atoms with E-state index in [4.69, 9.17) is 0 Å². The molecule has 0 aliphatic carbocycles. The topological polar surface area (TPSA) is 12.9 Å². The Balaban J connectivity index is 2.81. The van der Waals surface area contributed by atoms with Crippen molar-refractivity contribution in [2.45, 2.75) is 6.42 Å². The number of halogens is 2. The highest BCUT2D eigenvalue weighted by molar-refractivity contribution is 9.10. The highest BCUT2D eigenvalue weighted by Crippen LogP contribution is 2.15. The van der Waals surface area contributed by atoms with Gasteiger partial charge < -0.3 is 0 Å². The maximum absolute atomic E-state index is 4.01. The molecule has 0 aliphatic heterocycles. The minimum absolute atomic E-state index is 0.983. The van der Waals surface area contributed by atoms with Gasteiger partial charge in [0.1, 0.15) is 0 Å². The van der Waals surface area contributed by atoms with Gasteiger partial charge in [0.2, 0.25) is 0 Å². The molecule has 1 heterocycles. The van der Waals surface area contributed by atoms with Crippen LogP contribution in [-0.2, 0) is 6.42 Å². The monoisotopic (exact) mass is 263 g/mol. The van der Waals surface area contributed by atoms with E-state index in [2.05, 4.69) is 36.8 Å². The van der Waals surface area contributed by atoms with E-state index in [0.29, 0.717) is 0 Å². The van der Waals surface area contributed by atoms with Crippen molar-refractivity contribution in [3.8, 4) is 0 Å². The second-order valence-corrected chi connectivity index (χ2v) is 3.55. The molecule has 0 bridgehead atoms. The first-order valence-corrected chi connectivity index (χ1v) is 4.90. The SMILES string of the molecule is BrCCc1cnccc1Br. The van der Waals surface area contributed by atoms with Gasteiger partial charge in [-0.1, -0.05) is 31.9 Å². The van der Waals surface area contributed by atoms with Crippen LogP contribution in [0, 0.1) is 0 Å². The van der Waals surface area contributed by atoms with E-state index in [9.17, 15) is 0 Å². The average Bonchev–Trinajstić information content (AvgIpc) is 1.94. The van der Waals surface area contributed by atoms with Crippen LogP contribution in [0.2, 0.25) is 0 Å². The summed E-state index contributed by atoms with van der Waals surface area (Å²) in [5.74, 6) is 0. The molecule has 1 aromatic heterocycles. The molecule has 0 atom stereocenters. The van der Waals surface area contributed by atoms with E-state index in [1.54, 1.807) is 6.20 Å². The zero-order valence-corrected chi connectivity index (χ0v) is 8.52. The minimum Gasteiger partial charge on any atom is -0.264 e. The van der Waals surface area contributed by atoms with Gasteiger partial charge in [0, 0.05) is 22.2 Å². The van der Waals surface area contributed by atoms with Crippen molar-refractivity contribution in [2.24, 2.45) is 0 Å². The summed E-state index contributed by atoms with van der Waals surface area (Å²) >= 11 is 6.81. The molecular weight excluding hydrogens is 258 g/mol. The van der Waals surface area contributed by atoms with Gasteiger partial charge >= 0.3 is 0 Å². The average molecular weight is 265 g/mol. The van der Waals surface area contributed by atoms with E-state index < -0.39 is 0 Å². The van der Waals surface area contributed by atoms with Crippen LogP contribution in [0.25, 0.3) is 0 Å². The van der Waals surface area contributed by atoms with Gasteiger partial charge in [-0.2, -0.15) is 0 Å².